The molecule has 0 radical (unpaired) electrons. The minimum Gasteiger partial charge on any atom is -0.311 e. The first-order chi connectivity index (χ1) is 33.4. The predicted molar refractivity (Wildman–Crippen MR) is 292 cm³/mol. The molecule has 0 bridgehead atoms. The van der Waals surface area contributed by atoms with Crippen LogP contribution in [0.1, 0.15) is 37.5 Å². The van der Waals surface area contributed by atoms with Gasteiger partial charge in [0.15, 0.2) is 0 Å². The molecule has 0 amide bonds. The Balaban J connectivity index is 0.874. The maximum Gasteiger partial charge on any atom is 0.0692 e. The minimum atomic E-state index is -0.0990. The molecule has 1 aliphatic heterocycles. The fourth-order valence-electron chi connectivity index (χ4n) is 10.4. The highest BCUT2D eigenvalue weighted by molar-refractivity contribution is 8.05. The summed E-state index contributed by atoms with van der Waals surface area (Å²) in [5.41, 5.74) is 19.4. The summed E-state index contributed by atoms with van der Waals surface area (Å²) in [5, 5.41) is 2.59. The van der Waals surface area contributed by atoms with Crippen LogP contribution < -0.4 is 4.90 Å². The van der Waals surface area contributed by atoms with Gasteiger partial charge in [0.2, 0.25) is 0 Å². The molecular weight excluding hydrogens is 861 g/mol. The van der Waals surface area contributed by atoms with Crippen molar-refractivity contribution in [2.24, 2.45) is 0 Å². The van der Waals surface area contributed by atoms with Crippen LogP contribution in [0.15, 0.2) is 251 Å². The van der Waals surface area contributed by atoms with Gasteiger partial charge in [-0.1, -0.05) is 190 Å². The molecule has 1 aromatic heterocycles. The number of hydrogen-bond acceptors (Lipinski definition) is 3. The van der Waals surface area contributed by atoms with Gasteiger partial charge in [0, 0.05) is 53.6 Å². The van der Waals surface area contributed by atoms with Crippen LogP contribution in [0.3, 0.4) is 0 Å². The van der Waals surface area contributed by atoms with Crippen LogP contribution in [0.5, 0.6) is 0 Å². The summed E-state index contributed by atoms with van der Waals surface area (Å²) < 4.78 is 2.54. The molecule has 2 aliphatic rings. The molecule has 0 atom stereocenters. The maximum atomic E-state index is 3.92. The second-order valence-corrected chi connectivity index (χ2v) is 20.2. The lowest BCUT2D eigenvalue weighted by Crippen LogP contribution is -2.15. The van der Waals surface area contributed by atoms with Gasteiger partial charge in [0.25, 0.3) is 0 Å². The SMILES string of the molecule is C=C/C=C(\C=C/C)c1ccc(N(c2ccccc2)c2ccc(-c3ccc(-c4ccc(-n5c6cc7c(cc6c6ccc8c(c65)Sc5ccccc5S8)-c5ccccc5C7(C)C)cc4)cc3)cc2)cc1. The lowest BCUT2D eigenvalue weighted by atomic mass is 9.82. The number of benzene rings is 9. The van der Waals surface area contributed by atoms with Crippen molar-refractivity contribution in [3.8, 4) is 39.1 Å². The van der Waals surface area contributed by atoms with E-state index in [2.05, 4.69) is 242 Å². The van der Waals surface area contributed by atoms with Crippen LogP contribution >= 0.6 is 23.5 Å². The smallest absolute Gasteiger partial charge is 0.0692 e. The first-order valence-electron chi connectivity index (χ1n) is 23.3. The van der Waals surface area contributed by atoms with Crippen LogP contribution in [0.2, 0.25) is 0 Å². The summed E-state index contributed by atoms with van der Waals surface area (Å²) in [4.78, 5) is 7.58. The molecular formula is C64H48N2S2. The fraction of sp³-hybridized carbons (Fsp3) is 0.0625. The third-order valence-electron chi connectivity index (χ3n) is 13.8. The van der Waals surface area contributed by atoms with Crippen LogP contribution in [-0.2, 0) is 5.41 Å². The van der Waals surface area contributed by atoms with Crippen LogP contribution in [-0.4, -0.2) is 4.57 Å². The molecule has 10 aromatic rings. The number of rotatable bonds is 9. The molecule has 2 nitrogen and oxygen atoms in total. The number of hydrogen-bond donors (Lipinski definition) is 0. The molecule has 0 fully saturated rings. The van der Waals surface area contributed by atoms with Crippen molar-refractivity contribution in [1.82, 2.24) is 4.57 Å². The standard InChI is InChI=1S/C64H48N2S2/c1-5-14-42(15-6-2)45-26-32-49(33-27-45)65(48-16-8-7-9-17-48)50-34-28-46(29-35-50)43-22-24-44(25-23-43)47-30-36-51(37-31-47)66-58-41-57-54(52-18-10-11-19-56(52)64(57,3)4)40-55(58)53-38-39-61-63(62(53)66)68-60-21-13-12-20-59(60)67-61/h5-41H,1H2,2-4H3/b15-6-,42-14+. The average molecular weight is 909 g/mol. The molecule has 4 heteroatoms. The molecule has 0 spiro atoms. The monoisotopic (exact) mass is 908 g/mol. The fourth-order valence-corrected chi connectivity index (χ4v) is 12.8. The lowest BCUT2D eigenvalue weighted by molar-refractivity contribution is 0.661. The van der Waals surface area contributed by atoms with E-state index in [0.717, 1.165) is 28.2 Å². The second-order valence-electron chi connectivity index (χ2n) is 18.1. The molecule has 0 saturated heterocycles. The number of nitrogens with zero attached hydrogens (tertiary/aromatic N) is 2. The Morgan fingerprint density at radius 1 is 0.529 bits per heavy atom. The molecule has 68 heavy (non-hydrogen) atoms. The highest BCUT2D eigenvalue weighted by Gasteiger charge is 2.36. The molecule has 0 saturated carbocycles. The van der Waals surface area contributed by atoms with E-state index < -0.39 is 0 Å². The maximum absolute atomic E-state index is 3.92. The Bertz CT molecular complexity index is 3630. The van der Waals surface area contributed by atoms with Gasteiger partial charge in [-0.3, -0.25) is 0 Å². The highest BCUT2D eigenvalue weighted by atomic mass is 32.2. The van der Waals surface area contributed by atoms with E-state index in [0.29, 0.717) is 0 Å². The van der Waals surface area contributed by atoms with Gasteiger partial charge in [-0.05, 0) is 141 Å². The van der Waals surface area contributed by atoms with Crippen molar-refractivity contribution in [2.75, 3.05) is 4.90 Å². The first-order valence-corrected chi connectivity index (χ1v) is 24.9. The summed E-state index contributed by atoms with van der Waals surface area (Å²) in [6.07, 6.45) is 8.07. The molecule has 2 heterocycles. The molecule has 0 unspecified atom stereocenters. The van der Waals surface area contributed by atoms with E-state index in [-0.39, 0.29) is 5.41 Å². The Kier molecular flexibility index (Phi) is 10.5. The Morgan fingerprint density at radius 2 is 1.10 bits per heavy atom. The van der Waals surface area contributed by atoms with Gasteiger partial charge < -0.3 is 9.47 Å². The Labute approximate surface area is 407 Å². The number of anilines is 3. The van der Waals surface area contributed by atoms with Crippen molar-refractivity contribution in [2.45, 2.75) is 45.8 Å². The van der Waals surface area contributed by atoms with Crippen molar-refractivity contribution in [3.63, 3.8) is 0 Å². The van der Waals surface area contributed by atoms with Crippen LogP contribution in [0, 0.1) is 0 Å². The zero-order valence-corrected chi connectivity index (χ0v) is 39.9. The first kappa shape index (κ1) is 41.9. The van der Waals surface area contributed by atoms with E-state index in [4.69, 9.17) is 0 Å². The highest BCUT2D eigenvalue weighted by Crippen LogP contribution is 2.55. The Hall–Kier alpha value is -7.50. The summed E-state index contributed by atoms with van der Waals surface area (Å²) in [5.74, 6) is 0. The van der Waals surface area contributed by atoms with Gasteiger partial charge in [0.1, 0.15) is 0 Å². The topological polar surface area (TPSA) is 8.17 Å². The van der Waals surface area contributed by atoms with E-state index >= 15 is 0 Å². The lowest BCUT2D eigenvalue weighted by Gasteiger charge is -2.26. The number of para-hydroxylation sites is 1. The third kappa shape index (κ3) is 7.06. The molecule has 326 valence electrons. The normalized spacial score (nSPS) is 13.6. The van der Waals surface area contributed by atoms with E-state index in [1.807, 2.05) is 42.6 Å². The predicted octanol–water partition coefficient (Wildman–Crippen LogP) is 18.7. The number of aromatic nitrogens is 1. The minimum absolute atomic E-state index is 0.0990. The second kappa shape index (κ2) is 17.0. The summed E-state index contributed by atoms with van der Waals surface area (Å²) in [6, 6.07) is 73.9. The molecule has 12 rings (SSSR count). The Morgan fingerprint density at radius 3 is 1.76 bits per heavy atom. The summed E-state index contributed by atoms with van der Waals surface area (Å²) >= 11 is 3.79. The van der Waals surface area contributed by atoms with E-state index in [1.54, 1.807) is 0 Å². The quantitative estimate of drug-likeness (QED) is 0.133. The van der Waals surface area contributed by atoms with Crippen LogP contribution in [0.25, 0.3) is 66.4 Å². The van der Waals surface area contributed by atoms with E-state index in [1.165, 1.54) is 91.6 Å². The zero-order chi connectivity index (χ0) is 45.9. The van der Waals surface area contributed by atoms with Crippen molar-refractivity contribution in [1.29, 1.82) is 0 Å². The van der Waals surface area contributed by atoms with Gasteiger partial charge in [-0.15, -0.1) is 0 Å². The van der Waals surface area contributed by atoms with Gasteiger partial charge in [0.05, 0.1) is 15.9 Å². The molecule has 0 N–H and O–H groups in total. The summed E-state index contributed by atoms with van der Waals surface area (Å²) in [6.45, 7) is 10.7. The van der Waals surface area contributed by atoms with Crippen LogP contribution in [0.4, 0.5) is 17.1 Å². The average Bonchev–Trinajstić information content (AvgIpc) is 3.83. The van der Waals surface area contributed by atoms with Crippen molar-refractivity contribution >= 4 is 68.0 Å². The third-order valence-corrected chi connectivity index (χ3v) is 16.3. The van der Waals surface area contributed by atoms with E-state index in [9.17, 15) is 0 Å². The largest absolute Gasteiger partial charge is 0.311 e. The van der Waals surface area contributed by atoms with Gasteiger partial charge in [-0.25, -0.2) is 0 Å². The number of fused-ring (bicyclic) bond motifs is 9. The molecule has 1 aliphatic carbocycles. The van der Waals surface area contributed by atoms with Gasteiger partial charge >= 0.3 is 0 Å². The molecule has 9 aromatic carbocycles. The summed E-state index contributed by atoms with van der Waals surface area (Å²) in [7, 11) is 0. The van der Waals surface area contributed by atoms with Gasteiger partial charge in [-0.2, -0.15) is 0 Å². The zero-order valence-electron chi connectivity index (χ0n) is 38.3. The van der Waals surface area contributed by atoms with Crippen molar-refractivity contribution in [3.05, 3.63) is 248 Å². The van der Waals surface area contributed by atoms with Crippen molar-refractivity contribution < 1.29 is 0 Å². The number of allylic oxidation sites excluding steroid dienone is 5.